The molecule has 47 heavy (non-hydrogen) atoms. The van der Waals surface area contributed by atoms with Crippen LogP contribution in [-0.4, -0.2) is 77.3 Å². The van der Waals surface area contributed by atoms with E-state index in [0.717, 1.165) is 5.56 Å². The van der Waals surface area contributed by atoms with E-state index in [-0.39, 0.29) is 43.3 Å². The molecule has 9 nitrogen and oxygen atoms in total. The first kappa shape index (κ1) is 34.7. The molecule has 2 bridgehead atoms. The molecule has 2 aromatic rings. The number of aliphatic hydroxyl groups is 1. The summed E-state index contributed by atoms with van der Waals surface area (Å²) in [4.78, 5) is 49.3. The van der Waals surface area contributed by atoms with Crippen molar-refractivity contribution in [3.63, 3.8) is 0 Å². The number of aryl methyl sites for hydroxylation is 1. The van der Waals surface area contributed by atoms with Crippen LogP contribution in [0.2, 0.25) is 5.02 Å². The number of halogens is 1. The normalized spacial score (nSPS) is 28.1. The molecule has 3 aliphatic heterocycles. The minimum atomic E-state index is -1.31. The van der Waals surface area contributed by atoms with Gasteiger partial charge in [0.05, 0.1) is 47.4 Å². The van der Waals surface area contributed by atoms with Crippen LogP contribution < -0.4 is 14.5 Å². The number of anilines is 2. The summed E-state index contributed by atoms with van der Waals surface area (Å²) >= 11 is 6.69. The van der Waals surface area contributed by atoms with Crippen molar-refractivity contribution in [2.45, 2.75) is 70.7 Å². The SMILES string of the molecule is C=CCN(C(=O)[C@@H]1[C@H]2C(=O)N([C@@H](CC)CO)C(C(=O)N(CC=C)c3c(C)cccc3Cl)C23CC(C)[C@@]1(C)O3)c1ccc(OCC)cc1. The number of para-hydroxylation sites is 1. The van der Waals surface area contributed by atoms with Crippen LogP contribution in [0.4, 0.5) is 11.4 Å². The van der Waals surface area contributed by atoms with Crippen LogP contribution in [0.1, 0.15) is 46.1 Å². The van der Waals surface area contributed by atoms with E-state index < -0.39 is 35.1 Å². The average Bonchev–Trinajstić information content (AvgIpc) is 3.56. The second-order valence-corrected chi connectivity index (χ2v) is 13.4. The van der Waals surface area contributed by atoms with E-state index in [1.54, 1.807) is 40.2 Å². The zero-order valence-electron chi connectivity index (χ0n) is 27.9. The van der Waals surface area contributed by atoms with Gasteiger partial charge in [-0.05, 0) is 75.4 Å². The highest BCUT2D eigenvalue weighted by atomic mass is 35.5. The van der Waals surface area contributed by atoms with Crippen LogP contribution in [0, 0.1) is 24.7 Å². The monoisotopic (exact) mass is 663 g/mol. The molecule has 1 spiro atoms. The van der Waals surface area contributed by atoms with Gasteiger partial charge in [0.15, 0.2) is 0 Å². The number of likely N-dealkylation sites (tertiary alicyclic amines) is 1. The number of hydrogen-bond acceptors (Lipinski definition) is 6. The smallest absolute Gasteiger partial charge is 0.253 e. The Hall–Kier alpha value is -3.66. The van der Waals surface area contributed by atoms with Crippen LogP contribution in [0.15, 0.2) is 67.8 Å². The Bertz CT molecular complexity index is 1520. The Kier molecular flexibility index (Phi) is 9.92. The predicted molar refractivity (Wildman–Crippen MR) is 184 cm³/mol. The van der Waals surface area contributed by atoms with Crippen LogP contribution >= 0.6 is 11.6 Å². The number of carbonyl (C=O) groups excluding carboxylic acids is 3. The molecular formula is C37H46ClN3O6. The molecule has 7 atom stereocenters. The van der Waals surface area contributed by atoms with Crippen molar-refractivity contribution >= 4 is 40.7 Å². The fourth-order valence-electron chi connectivity index (χ4n) is 8.18. The Morgan fingerprint density at radius 3 is 2.36 bits per heavy atom. The third kappa shape index (κ3) is 5.46. The lowest BCUT2D eigenvalue weighted by Crippen LogP contribution is -2.59. The largest absolute Gasteiger partial charge is 0.494 e. The molecule has 3 heterocycles. The number of carbonyl (C=O) groups is 3. The van der Waals surface area contributed by atoms with E-state index in [1.807, 2.05) is 58.9 Å². The summed E-state index contributed by atoms with van der Waals surface area (Å²) in [6.07, 6.45) is 4.07. The maximum Gasteiger partial charge on any atom is 0.253 e. The number of rotatable bonds is 13. The highest BCUT2D eigenvalue weighted by Crippen LogP contribution is 2.66. The van der Waals surface area contributed by atoms with E-state index in [4.69, 9.17) is 21.1 Å². The topological polar surface area (TPSA) is 99.6 Å². The molecule has 3 fully saturated rings. The number of hydrogen-bond donors (Lipinski definition) is 1. The van der Waals surface area contributed by atoms with Gasteiger partial charge in [0, 0.05) is 18.8 Å². The maximum atomic E-state index is 15.0. The molecule has 0 radical (unpaired) electrons. The lowest BCUT2D eigenvalue weighted by Gasteiger charge is -2.39. The van der Waals surface area contributed by atoms with Crippen LogP contribution in [0.25, 0.3) is 0 Å². The quantitative estimate of drug-likeness (QED) is 0.282. The summed E-state index contributed by atoms with van der Waals surface area (Å²) in [5.74, 6) is -2.35. The van der Waals surface area contributed by atoms with Crippen molar-refractivity contribution in [2.24, 2.45) is 17.8 Å². The molecule has 0 aliphatic carbocycles. The van der Waals surface area contributed by atoms with Crippen molar-refractivity contribution < 1.29 is 29.0 Å². The van der Waals surface area contributed by atoms with Crippen LogP contribution in [0.5, 0.6) is 5.75 Å². The van der Waals surface area contributed by atoms with Gasteiger partial charge in [-0.15, -0.1) is 13.2 Å². The minimum Gasteiger partial charge on any atom is -0.494 e. The summed E-state index contributed by atoms with van der Waals surface area (Å²) in [6, 6.07) is 10.9. The van der Waals surface area contributed by atoms with Gasteiger partial charge in [-0.3, -0.25) is 14.4 Å². The number of nitrogens with zero attached hydrogens (tertiary/aromatic N) is 3. The van der Waals surface area contributed by atoms with Gasteiger partial charge in [0.1, 0.15) is 17.4 Å². The van der Waals surface area contributed by atoms with Crippen molar-refractivity contribution in [2.75, 3.05) is 36.1 Å². The minimum absolute atomic E-state index is 0.138. The summed E-state index contributed by atoms with van der Waals surface area (Å²) in [6.45, 7) is 17.8. The molecule has 5 rings (SSSR count). The van der Waals surface area contributed by atoms with E-state index in [2.05, 4.69) is 13.2 Å². The molecular weight excluding hydrogens is 618 g/mol. The zero-order chi connectivity index (χ0) is 34.3. The number of aliphatic hydroxyl groups excluding tert-OH is 1. The first-order chi connectivity index (χ1) is 22.4. The zero-order valence-corrected chi connectivity index (χ0v) is 28.7. The van der Waals surface area contributed by atoms with Gasteiger partial charge in [-0.2, -0.15) is 0 Å². The van der Waals surface area contributed by atoms with Crippen LogP contribution in [0.3, 0.4) is 0 Å². The Morgan fingerprint density at radius 2 is 1.79 bits per heavy atom. The summed E-state index contributed by atoms with van der Waals surface area (Å²) < 4.78 is 12.6. The highest BCUT2D eigenvalue weighted by Gasteiger charge is 2.80. The summed E-state index contributed by atoms with van der Waals surface area (Å²) in [5, 5.41) is 10.9. The summed E-state index contributed by atoms with van der Waals surface area (Å²) in [5.41, 5.74) is -0.396. The van der Waals surface area contributed by atoms with Crippen molar-refractivity contribution in [1.29, 1.82) is 0 Å². The second-order valence-electron chi connectivity index (χ2n) is 13.0. The van der Waals surface area contributed by atoms with Crippen molar-refractivity contribution in [3.05, 3.63) is 78.4 Å². The lowest BCUT2D eigenvalue weighted by atomic mass is 9.62. The first-order valence-electron chi connectivity index (χ1n) is 16.4. The van der Waals surface area contributed by atoms with Crippen LogP contribution in [-0.2, 0) is 19.1 Å². The Morgan fingerprint density at radius 1 is 1.13 bits per heavy atom. The molecule has 252 valence electrons. The highest BCUT2D eigenvalue weighted by molar-refractivity contribution is 6.34. The lowest BCUT2D eigenvalue weighted by molar-refractivity contribution is -0.149. The molecule has 1 N–H and O–H groups in total. The van der Waals surface area contributed by atoms with Gasteiger partial charge in [0.2, 0.25) is 11.8 Å². The van der Waals surface area contributed by atoms with E-state index >= 15 is 4.79 Å². The van der Waals surface area contributed by atoms with Crippen molar-refractivity contribution in [1.82, 2.24) is 4.90 Å². The van der Waals surface area contributed by atoms with E-state index in [0.29, 0.717) is 41.6 Å². The van der Waals surface area contributed by atoms with Gasteiger partial charge in [-0.25, -0.2) is 0 Å². The first-order valence-corrected chi connectivity index (χ1v) is 16.8. The number of fused-ring (bicyclic) bond motifs is 1. The fraction of sp³-hybridized carbons (Fsp3) is 0.486. The second kappa shape index (κ2) is 13.5. The number of ether oxygens (including phenoxy) is 2. The molecule has 3 unspecified atom stereocenters. The van der Waals surface area contributed by atoms with E-state index in [1.165, 1.54) is 4.90 Å². The van der Waals surface area contributed by atoms with Gasteiger partial charge < -0.3 is 29.3 Å². The average molecular weight is 664 g/mol. The summed E-state index contributed by atoms with van der Waals surface area (Å²) in [7, 11) is 0. The molecule has 2 aromatic carbocycles. The molecule has 3 amide bonds. The third-order valence-corrected chi connectivity index (χ3v) is 10.7. The fourth-order valence-corrected chi connectivity index (χ4v) is 8.50. The molecule has 0 saturated carbocycles. The van der Waals surface area contributed by atoms with E-state index in [9.17, 15) is 14.7 Å². The standard InChI is InChI=1S/C37H46ClN3O6/c1-8-19-39(26-15-17-27(18-16-26)46-11-4)33(43)29-30-34(44)41(25(10-3)22-42)32(37(30)21-24(6)36(29,7)47-37)35(45)40(20-9-2)31-23(5)13-12-14-28(31)38/h8-9,12-18,24-25,29-30,32,42H,1-2,10-11,19-22H2,3-7H3/t24?,25-,29-,30-,32?,36+,37?/m0/s1. The number of benzene rings is 2. The molecule has 3 aliphatic rings. The van der Waals surface area contributed by atoms with Gasteiger partial charge in [0.25, 0.3) is 5.91 Å². The Labute approximate surface area is 282 Å². The number of amides is 3. The maximum absolute atomic E-state index is 15.0. The van der Waals surface area contributed by atoms with Crippen molar-refractivity contribution in [3.8, 4) is 5.75 Å². The predicted octanol–water partition coefficient (Wildman–Crippen LogP) is 5.57. The Balaban J connectivity index is 1.65. The molecule has 10 heteroatoms. The molecule has 0 aromatic heterocycles. The van der Waals surface area contributed by atoms with Gasteiger partial charge >= 0.3 is 0 Å². The van der Waals surface area contributed by atoms with Gasteiger partial charge in [-0.1, -0.05) is 49.7 Å². The molecule has 3 saturated heterocycles. The third-order valence-electron chi connectivity index (χ3n) is 10.4.